The lowest BCUT2D eigenvalue weighted by atomic mass is 9.99. The van der Waals surface area contributed by atoms with Crippen LogP contribution in [-0.2, 0) is 11.2 Å². The summed E-state index contributed by atoms with van der Waals surface area (Å²) in [6, 6.07) is 23.4. The molecule has 5 heteroatoms. The van der Waals surface area contributed by atoms with E-state index in [0.29, 0.717) is 22.7 Å². The Morgan fingerprint density at radius 1 is 0.806 bits per heavy atom. The SMILES string of the molecule is O=C1NC(CCCCCc2cccc(-c3ccccc3)c2)C(=O)Nc2ccc(Cl)cc21. The van der Waals surface area contributed by atoms with E-state index >= 15 is 0 Å². The van der Waals surface area contributed by atoms with Crippen LogP contribution in [0, 0.1) is 0 Å². The number of amides is 2. The molecule has 0 radical (unpaired) electrons. The predicted octanol–water partition coefficient (Wildman–Crippen LogP) is 5.86. The fourth-order valence-electron chi connectivity index (χ4n) is 3.93. The summed E-state index contributed by atoms with van der Waals surface area (Å²) < 4.78 is 0. The molecule has 1 heterocycles. The summed E-state index contributed by atoms with van der Waals surface area (Å²) in [5.41, 5.74) is 4.68. The van der Waals surface area contributed by atoms with Crippen molar-refractivity contribution in [3.05, 3.63) is 88.9 Å². The van der Waals surface area contributed by atoms with E-state index in [2.05, 4.69) is 59.2 Å². The molecule has 0 aromatic heterocycles. The Balaban J connectivity index is 1.27. The second kappa shape index (κ2) is 9.80. The van der Waals surface area contributed by atoms with Gasteiger partial charge in [0.15, 0.2) is 0 Å². The molecule has 1 unspecified atom stereocenters. The van der Waals surface area contributed by atoms with Gasteiger partial charge in [-0.3, -0.25) is 9.59 Å². The van der Waals surface area contributed by atoms with Gasteiger partial charge in [0.25, 0.3) is 5.91 Å². The molecular weight excluding hydrogens is 408 g/mol. The summed E-state index contributed by atoms with van der Waals surface area (Å²) in [4.78, 5) is 25.0. The fourth-order valence-corrected chi connectivity index (χ4v) is 4.10. The third-order valence-electron chi connectivity index (χ3n) is 5.60. The van der Waals surface area contributed by atoms with Gasteiger partial charge in [-0.15, -0.1) is 0 Å². The van der Waals surface area contributed by atoms with Crippen LogP contribution in [0.25, 0.3) is 11.1 Å². The topological polar surface area (TPSA) is 58.2 Å². The first-order valence-electron chi connectivity index (χ1n) is 10.7. The maximum Gasteiger partial charge on any atom is 0.254 e. The van der Waals surface area contributed by atoms with Crippen molar-refractivity contribution in [2.24, 2.45) is 0 Å². The third kappa shape index (κ3) is 5.33. The number of nitrogens with one attached hydrogen (secondary N) is 2. The molecule has 4 rings (SSSR count). The van der Waals surface area contributed by atoms with Crippen molar-refractivity contribution in [3.63, 3.8) is 0 Å². The molecule has 3 aromatic rings. The standard InChI is InChI=1S/C26H25ClN2O2/c27-21-14-15-23-22(17-21)25(30)29-24(26(31)28-23)13-6-1-3-8-18-9-7-12-20(16-18)19-10-4-2-5-11-19/h2,4-5,7,9-12,14-17,24H,1,3,6,8,13H2,(H,28,31)(H,29,30). The van der Waals surface area contributed by atoms with Crippen molar-refractivity contribution in [1.82, 2.24) is 5.32 Å². The van der Waals surface area contributed by atoms with Gasteiger partial charge in [-0.05, 0) is 54.2 Å². The normalized spacial score (nSPS) is 15.6. The molecule has 1 aliphatic heterocycles. The molecule has 4 nitrogen and oxygen atoms in total. The molecule has 0 spiro atoms. The minimum atomic E-state index is -0.528. The average Bonchev–Trinajstić information content (AvgIpc) is 2.90. The number of hydrogen-bond donors (Lipinski definition) is 2. The highest BCUT2D eigenvalue weighted by Gasteiger charge is 2.27. The van der Waals surface area contributed by atoms with Gasteiger partial charge in [0.1, 0.15) is 6.04 Å². The average molecular weight is 433 g/mol. The van der Waals surface area contributed by atoms with Gasteiger partial charge in [0.2, 0.25) is 5.91 Å². The Labute approximate surface area is 187 Å². The highest BCUT2D eigenvalue weighted by Crippen LogP contribution is 2.24. The number of hydrogen-bond acceptors (Lipinski definition) is 2. The third-order valence-corrected chi connectivity index (χ3v) is 5.83. The zero-order valence-electron chi connectivity index (χ0n) is 17.2. The van der Waals surface area contributed by atoms with E-state index in [4.69, 9.17) is 11.6 Å². The number of carbonyl (C=O) groups excluding carboxylic acids is 2. The largest absolute Gasteiger partial charge is 0.340 e. The minimum Gasteiger partial charge on any atom is -0.340 e. The fraction of sp³-hybridized carbons (Fsp3) is 0.231. The van der Waals surface area contributed by atoms with E-state index in [1.165, 1.54) is 16.7 Å². The lowest BCUT2D eigenvalue weighted by molar-refractivity contribution is -0.118. The smallest absolute Gasteiger partial charge is 0.254 e. The maximum atomic E-state index is 12.5. The molecule has 2 N–H and O–H groups in total. The van der Waals surface area contributed by atoms with E-state index in [1.807, 2.05) is 6.07 Å². The van der Waals surface area contributed by atoms with Crippen LogP contribution >= 0.6 is 11.6 Å². The zero-order valence-corrected chi connectivity index (χ0v) is 18.0. The van der Waals surface area contributed by atoms with Crippen LogP contribution in [0.4, 0.5) is 5.69 Å². The summed E-state index contributed by atoms with van der Waals surface area (Å²) in [5.74, 6) is -0.441. The monoisotopic (exact) mass is 432 g/mol. The molecule has 1 aliphatic rings. The Morgan fingerprint density at radius 2 is 1.61 bits per heavy atom. The van der Waals surface area contributed by atoms with Gasteiger partial charge >= 0.3 is 0 Å². The van der Waals surface area contributed by atoms with Gasteiger partial charge in [-0.2, -0.15) is 0 Å². The summed E-state index contributed by atoms with van der Waals surface area (Å²) in [7, 11) is 0. The summed E-state index contributed by atoms with van der Waals surface area (Å²) in [6.07, 6.45) is 4.51. The van der Waals surface area contributed by atoms with Crippen molar-refractivity contribution in [2.45, 2.75) is 38.1 Å². The second-order valence-corrected chi connectivity index (χ2v) is 8.31. The van der Waals surface area contributed by atoms with Crippen molar-refractivity contribution in [2.75, 3.05) is 5.32 Å². The van der Waals surface area contributed by atoms with E-state index in [-0.39, 0.29) is 11.8 Å². The molecule has 2 amide bonds. The molecule has 0 aliphatic carbocycles. The number of carbonyl (C=O) groups is 2. The van der Waals surface area contributed by atoms with Crippen LogP contribution in [0.5, 0.6) is 0 Å². The van der Waals surface area contributed by atoms with Gasteiger partial charge in [0, 0.05) is 5.02 Å². The Morgan fingerprint density at radius 3 is 2.45 bits per heavy atom. The predicted molar refractivity (Wildman–Crippen MR) is 125 cm³/mol. The second-order valence-electron chi connectivity index (χ2n) is 7.87. The van der Waals surface area contributed by atoms with E-state index in [0.717, 1.165) is 25.7 Å². The maximum absolute atomic E-state index is 12.5. The number of anilines is 1. The molecule has 0 fully saturated rings. The van der Waals surface area contributed by atoms with Crippen LogP contribution in [0.3, 0.4) is 0 Å². The van der Waals surface area contributed by atoms with Crippen molar-refractivity contribution >= 4 is 29.1 Å². The van der Waals surface area contributed by atoms with Crippen LogP contribution in [0.15, 0.2) is 72.8 Å². The quantitative estimate of drug-likeness (QED) is 0.459. The van der Waals surface area contributed by atoms with Crippen molar-refractivity contribution in [1.29, 1.82) is 0 Å². The first-order chi connectivity index (χ1) is 15.1. The number of halogens is 1. The van der Waals surface area contributed by atoms with Gasteiger partial charge in [-0.25, -0.2) is 0 Å². The highest BCUT2D eigenvalue weighted by atomic mass is 35.5. The Bertz CT molecular complexity index is 1080. The number of unbranched alkanes of at least 4 members (excludes halogenated alkanes) is 2. The molecule has 1 atom stereocenters. The van der Waals surface area contributed by atoms with E-state index in [1.54, 1.807) is 18.2 Å². The van der Waals surface area contributed by atoms with E-state index < -0.39 is 6.04 Å². The van der Waals surface area contributed by atoms with Gasteiger partial charge in [0.05, 0.1) is 11.3 Å². The van der Waals surface area contributed by atoms with Gasteiger partial charge < -0.3 is 10.6 Å². The summed E-state index contributed by atoms with van der Waals surface area (Å²) in [5, 5.41) is 6.14. The van der Waals surface area contributed by atoms with Gasteiger partial charge in [-0.1, -0.05) is 79.0 Å². The minimum absolute atomic E-state index is 0.176. The molecule has 0 saturated heterocycles. The molecule has 31 heavy (non-hydrogen) atoms. The first-order valence-corrected chi connectivity index (χ1v) is 11.0. The number of rotatable bonds is 7. The molecule has 0 bridgehead atoms. The number of aryl methyl sites for hydroxylation is 1. The zero-order chi connectivity index (χ0) is 21.6. The molecule has 158 valence electrons. The number of fused-ring (bicyclic) bond motifs is 1. The Hall–Kier alpha value is -3.11. The van der Waals surface area contributed by atoms with Crippen molar-refractivity contribution in [3.8, 4) is 11.1 Å². The van der Waals surface area contributed by atoms with Crippen LogP contribution in [-0.4, -0.2) is 17.9 Å². The molecular formula is C26H25ClN2O2. The van der Waals surface area contributed by atoms with Crippen LogP contribution < -0.4 is 10.6 Å². The lowest BCUT2D eigenvalue weighted by Gasteiger charge is -2.14. The van der Waals surface area contributed by atoms with Crippen LogP contribution in [0.1, 0.15) is 41.6 Å². The Kier molecular flexibility index (Phi) is 6.68. The first kappa shape index (κ1) is 21.1. The number of benzene rings is 3. The summed E-state index contributed by atoms with van der Waals surface area (Å²) in [6.45, 7) is 0. The molecule has 3 aromatic carbocycles. The van der Waals surface area contributed by atoms with Crippen molar-refractivity contribution < 1.29 is 9.59 Å². The van der Waals surface area contributed by atoms with Crippen LogP contribution in [0.2, 0.25) is 5.02 Å². The molecule has 0 saturated carbocycles. The lowest BCUT2D eigenvalue weighted by Crippen LogP contribution is -2.41. The highest BCUT2D eigenvalue weighted by molar-refractivity contribution is 6.31. The summed E-state index contributed by atoms with van der Waals surface area (Å²) >= 11 is 5.99. The van der Waals surface area contributed by atoms with E-state index in [9.17, 15) is 9.59 Å².